The molecule has 0 bridgehead atoms. The first kappa shape index (κ1) is 16.8. The van der Waals surface area contributed by atoms with E-state index in [1.165, 1.54) is 12.3 Å². The van der Waals surface area contributed by atoms with E-state index in [0.717, 1.165) is 5.56 Å². The fourth-order valence-electron chi connectivity index (χ4n) is 2.71. The van der Waals surface area contributed by atoms with Gasteiger partial charge in [-0.25, -0.2) is 9.37 Å². The van der Waals surface area contributed by atoms with Crippen LogP contribution in [0.4, 0.5) is 15.9 Å². The first-order valence-electron chi connectivity index (χ1n) is 8.34. The highest BCUT2D eigenvalue weighted by molar-refractivity contribution is 5.99. The minimum atomic E-state index is -0.421. The Morgan fingerprint density at radius 3 is 2.81 bits per heavy atom. The van der Waals surface area contributed by atoms with E-state index >= 15 is 0 Å². The fourth-order valence-corrected chi connectivity index (χ4v) is 2.71. The van der Waals surface area contributed by atoms with Crippen LogP contribution >= 0.6 is 0 Å². The molecule has 0 unspecified atom stereocenters. The zero-order valence-corrected chi connectivity index (χ0v) is 14.2. The van der Waals surface area contributed by atoms with Crippen LogP contribution in [0, 0.1) is 5.82 Å². The molecule has 0 fully saturated rings. The second kappa shape index (κ2) is 7.33. The number of carbonyl (C=O) groups is 1. The van der Waals surface area contributed by atoms with E-state index in [9.17, 15) is 9.18 Å². The molecule has 0 saturated heterocycles. The number of hydrogen-bond donors (Lipinski definition) is 2. The van der Waals surface area contributed by atoms with Gasteiger partial charge in [0, 0.05) is 12.7 Å². The Bertz CT molecular complexity index is 994. The third kappa shape index (κ3) is 3.67. The Kier molecular flexibility index (Phi) is 4.57. The number of fused-ring (bicyclic) bond motifs is 1. The summed E-state index contributed by atoms with van der Waals surface area (Å²) in [7, 11) is 0. The maximum absolute atomic E-state index is 13.9. The molecule has 136 valence electrons. The summed E-state index contributed by atoms with van der Waals surface area (Å²) in [5, 5.41) is 5.71. The molecule has 0 saturated carbocycles. The number of para-hydroxylation sites is 1. The molecular formula is C20H16FN3O3. The lowest BCUT2D eigenvalue weighted by molar-refractivity contribution is 0.0951. The number of rotatable bonds is 5. The summed E-state index contributed by atoms with van der Waals surface area (Å²) in [4.78, 5) is 16.8. The van der Waals surface area contributed by atoms with Gasteiger partial charge in [0.2, 0.25) is 6.79 Å². The number of pyridine rings is 1. The van der Waals surface area contributed by atoms with Crippen molar-refractivity contribution in [2.24, 2.45) is 0 Å². The average molecular weight is 365 g/mol. The maximum Gasteiger partial charge on any atom is 0.255 e. The van der Waals surface area contributed by atoms with Crippen molar-refractivity contribution in [1.29, 1.82) is 0 Å². The minimum Gasteiger partial charge on any atom is -0.454 e. The molecule has 0 aliphatic carbocycles. The number of carbonyl (C=O) groups excluding carboxylic acids is 1. The molecule has 27 heavy (non-hydrogen) atoms. The fraction of sp³-hybridized carbons (Fsp3) is 0.100. The highest BCUT2D eigenvalue weighted by Crippen LogP contribution is 2.32. The van der Waals surface area contributed by atoms with Crippen molar-refractivity contribution < 1.29 is 18.7 Å². The van der Waals surface area contributed by atoms with E-state index in [2.05, 4.69) is 15.6 Å². The summed E-state index contributed by atoms with van der Waals surface area (Å²) in [6, 6.07) is 15.0. The molecule has 0 spiro atoms. The van der Waals surface area contributed by atoms with Gasteiger partial charge < -0.3 is 20.1 Å². The Hall–Kier alpha value is -3.61. The molecule has 1 aromatic heterocycles. The number of nitrogens with one attached hydrogen (secondary N) is 2. The summed E-state index contributed by atoms with van der Waals surface area (Å²) in [6.07, 6.45) is 1.54. The number of ether oxygens (including phenoxy) is 2. The second-order valence-electron chi connectivity index (χ2n) is 5.87. The first-order valence-corrected chi connectivity index (χ1v) is 8.34. The van der Waals surface area contributed by atoms with E-state index in [-0.39, 0.29) is 24.2 Å². The first-order chi connectivity index (χ1) is 13.2. The Labute approximate surface area is 155 Å². The lowest BCUT2D eigenvalue weighted by Crippen LogP contribution is -2.24. The summed E-state index contributed by atoms with van der Waals surface area (Å²) in [5.74, 6) is 0.888. The zero-order chi connectivity index (χ0) is 18.6. The number of benzene rings is 2. The van der Waals surface area contributed by atoms with Crippen molar-refractivity contribution >= 4 is 17.4 Å². The number of hydrogen-bond acceptors (Lipinski definition) is 5. The highest BCUT2D eigenvalue weighted by atomic mass is 19.1. The lowest BCUT2D eigenvalue weighted by Gasteiger charge is -2.12. The molecule has 1 aliphatic heterocycles. The monoisotopic (exact) mass is 365 g/mol. The van der Waals surface area contributed by atoms with Crippen molar-refractivity contribution in [3.8, 4) is 11.5 Å². The Balaban J connectivity index is 1.48. The van der Waals surface area contributed by atoms with Crippen LogP contribution < -0.4 is 20.1 Å². The molecule has 2 aromatic carbocycles. The van der Waals surface area contributed by atoms with Gasteiger partial charge in [-0.15, -0.1) is 0 Å². The molecule has 6 nitrogen and oxygen atoms in total. The van der Waals surface area contributed by atoms with Crippen LogP contribution in [0.2, 0.25) is 0 Å². The summed E-state index contributed by atoms with van der Waals surface area (Å²) >= 11 is 0. The molecule has 2 heterocycles. The van der Waals surface area contributed by atoms with Gasteiger partial charge in [0.25, 0.3) is 5.91 Å². The Morgan fingerprint density at radius 2 is 1.93 bits per heavy atom. The number of halogens is 1. The van der Waals surface area contributed by atoms with Gasteiger partial charge in [0.05, 0.1) is 11.3 Å². The van der Waals surface area contributed by atoms with Crippen LogP contribution in [0.5, 0.6) is 11.5 Å². The minimum absolute atomic E-state index is 0.200. The largest absolute Gasteiger partial charge is 0.454 e. The molecule has 1 aliphatic rings. The molecule has 3 aromatic rings. The predicted molar refractivity (Wildman–Crippen MR) is 97.7 cm³/mol. The molecule has 0 atom stereocenters. The smallest absolute Gasteiger partial charge is 0.255 e. The van der Waals surface area contributed by atoms with Gasteiger partial charge in [0.1, 0.15) is 11.6 Å². The standard InChI is InChI=1S/C20H16FN3O3/c21-15-5-1-2-6-16(15)24-19-14(4-3-9-22-19)20(25)23-11-13-7-8-17-18(10-13)27-12-26-17/h1-10H,11-12H2,(H,22,24)(H,23,25). The molecule has 2 N–H and O–H groups in total. The van der Waals surface area contributed by atoms with Crippen molar-refractivity contribution in [3.05, 3.63) is 77.7 Å². The number of nitrogens with zero attached hydrogens (tertiary/aromatic N) is 1. The van der Waals surface area contributed by atoms with Gasteiger partial charge in [-0.2, -0.15) is 0 Å². The molecule has 0 radical (unpaired) electrons. The van der Waals surface area contributed by atoms with E-state index < -0.39 is 5.82 Å². The van der Waals surface area contributed by atoms with E-state index in [0.29, 0.717) is 23.6 Å². The summed E-state index contributed by atoms with van der Waals surface area (Å²) in [6.45, 7) is 0.509. The van der Waals surface area contributed by atoms with Crippen molar-refractivity contribution in [3.63, 3.8) is 0 Å². The quantitative estimate of drug-likeness (QED) is 0.722. The van der Waals surface area contributed by atoms with Gasteiger partial charge in [-0.1, -0.05) is 18.2 Å². The van der Waals surface area contributed by atoms with Crippen LogP contribution in [0.15, 0.2) is 60.8 Å². The maximum atomic E-state index is 13.9. The third-order valence-corrected chi connectivity index (χ3v) is 4.07. The van der Waals surface area contributed by atoms with Gasteiger partial charge in [-0.05, 0) is 42.0 Å². The van der Waals surface area contributed by atoms with Crippen LogP contribution in [0.25, 0.3) is 0 Å². The van der Waals surface area contributed by atoms with Crippen LogP contribution in [-0.2, 0) is 6.54 Å². The van der Waals surface area contributed by atoms with Crippen LogP contribution in [-0.4, -0.2) is 17.7 Å². The van der Waals surface area contributed by atoms with Crippen molar-refractivity contribution in [1.82, 2.24) is 10.3 Å². The van der Waals surface area contributed by atoms with Crippen LogP contribution in [0.1, 0.15) is 15.9 Å². The van der Waals surface area contributed by atoms with E-state index in [4.69, 9.17) is 9.47 Å². The topological polar surface area (TPSA) is 72.5 Å². The lowest BCUT2D eigenvalue weighted by atomic mass is 10.2. The molecule has 4 rings (SSSR count). The molecular weight excluding hydrogens is 349 g/mol. The van der Waals surface area contributed by atoms with Crippen molar-refractivity contribution in [2.75, 3.05) is 12.1 Å². The Morgan fingerprint density at radius 1 is 1.07 bits per heavy atom. The summed E-state index contributed by atoms with van der Waals surface area (Å²) < 4.78 is 24.5. The van der Waals surface area contributed by atoms with Crippen molar-refractivity contribution in [2.45, 2.75) is 6.54 Å². The average Bonchev–Trinajstić information content (AvgIpc) is 3.16. The predicted octanol–water partition coefficient (Wildman–Crippen LogP) is 3.62. The summed E-state index contributed by atoms with van der Waals surface area (Å²) in [5.41, 5.74) is 1.45. The zero-order valence-electron chi connectivity index (χ0n) is 14.2. The van der Waals surface area contributed by atoms with Gasteiger partial charge in [-0.3, -0.25) is 4.79 Å². The van der Waals surface area contributed by atoms with Crippen LogP contribution in [0.3, 0.4) is 0 Å². The normalized spacial score (nSPS) is 11.9. The number of amides is 1. The van der Waals surface area contributed by atoms with Gasteiger partial charge in [0.15, 0.2) is 11.5 Å². The molecule has 7 heteroatoms. The van der Waals surface area contributed by atoms with E-state index in [1.807, 2.05) is 12.1 Å². The number of aromatic nitrogens is 1. The SMILES string of the molecule is O=C(NCc1ccc2c(c1)OCO2)c1cccnc1Nc1ccccc1F. The third-order valence-electron chi connectivity index (χ3n) is 4.07. The second-order valence-corrected chi connectivity index (χ2v) is 5.87. The molecule has 1 amide bonds. The number of anilines is 2. The van der Waals surface area contributed by atoms with Gasteiger partial charge >= 0.3 is 0 Å². The van der Waals surface area contributed by atoms with E-state index in [1.54, 1.807) is 36.4 Å². The highest BCUT2D eigenvalue weighted by Gasteiger charge is 2.16.